The Balaban J connectivity index is 1.47. The highest BCUT2D eigenvalue weighted by Crippen LogP contribution is 2.67. The lowest BCUT2D eigenvalue weighted by atomic mass is 9.47. The molecule has 5 rings (SSSR count). The van der Waals surface area contributed by atoms with Crippen LogP contribution in [0.1, 0.15) is 92.4 Å². The van der Waals surface area contributed by atoms with Crippen LogP contribution in [0.4, 0.5) is 0 Å². The average molecular weight is 456 g/mol. The van der Waals surface area contributed by atoms with Crippen molar-refractivity contribution in [2.45, 2.75) is 105 Å². The standard InChI is InChI=1S/C29H45NO3/c1-17-6-9-25(30-16-17)18(2)27-26(33-19(3)31)15-24-22-8-7-20-14-21(32)10-12-28(20,4)23(22)11-13-29(24,27)5/h7,17-18,21-24,26-27,32H,6,8-16H2,1-5H3. The quantitative estimate of drug-likeness (QED) is 0.421. The molecule has 4 heteroatoms. The van der Waals surface area contributed by atoms with E-state index in [0.29, 0.717) is 35.5 Å². The molecule has 184 valence electrons. The summed E-state index contributed by atoms with van der Waals surface area (Å²) in [6.07, 6.45) is 12.3. The maximum absolute atomic E-state index is 12.2. The highest BCUT2D eigenvalue weighted by atomic mass is 16.5. The van der Waals surface area contributed by atoms with E-state index < -0.39 is 0 Å². The van der Waals surface area contributed by atoms with Gasteiger partial charge in [-0.2, -0.15) is 0 Å². The molecule has 0 bridgehead atoms. The Hall–Kier alpha value is -1.16. The Labute approximate surface area is 200 Å². The summed E-state index contributed by atoms with van der Waals surface area (Å²) in [5.41, 5.74) is 3.34. The summed E-state index contributed by atoms with van der Waals surface area (Å²) in [7, 11) is 0. The number of fused-ring (bicyclic) bond motifs is 5. The Kier molecular flexibility index (Phi) is 6.07. The molecule has 5 aliphatic rings. The summed E-state index contributed by atoms with van der Waals surface area (Å²) in [5, 5.41) is 10.3. The molecule has 3 fully saturated rings. The molecule has 10 unspecified atom stereocenters. The Morgan fingerprint density at radius 3 is 2.70 bits per heavy atom. The summed E-state index contributed by atoms with van der Waals surface area (Å²) in [4.78, 5) is 17.2. The van der Waals surface area contributed by atoms with E-state index in [-0.39, 0.29) is 29.0 Å². The van der Waals surface area contributed by atoms with Gasteiger partial charge >= 0.3 is 5.97 Å². The topological polar surface area (TPSA) is 58.9 Å². The van der Waals surface area contributed by atoms with Crippen molar-refractivity contribution in [2.75, 3.05) is 6.54 Å². The van der Waals surface area contributed by atoms with Gasteiger partial charge in [0.25, 0.3) is 0 Å². The molecule has 0 aromatic carbocycles. The van der Waals surface area contributed by atoms with Crippen LogP contribution in [0, 0.1) is 46.3 Å². The van der Waals surface area contributed by atoms with Crippen molar-refractivity contribution >= 4 is 11.7 Å². The van der Waals surface area contributed by atoms with E-state index in [9.17, 15) is 9.90 Å². The molecule has 0 amide bonds. The predicted octanol–water partition coefficient (Wildman–Crippen LogP) is 5.97. The molecule has 10 atom stereocenters. The van der Waals surface area contributed by atoms with Gasteiger partial charge in [-0.15, -0.1) is 0 Å². The minimum absolute atomic E-state index is 0.0136. The monoisotopic (exact) mass is 455 g/mol. The van der Waals surface area contributed by atoms with Crippen LogP contribution in [0.3, 0.4) is 0 Å². The number of hydrogen-bond donors (Lipinski definition) is 1. The predicted molar refractivity (Wildman–Crippen MR) is 132 cm³/mol. The molecule has 33 heavy (non-hydrogen) atoms. The molecule has 1 heterocycles. The number of nitrogens with zero attached hydrogens (tertiary/aromatic N) is 1. The number of carbonyl (C=O) groups excluding carboxylic acids is 1. The van der Waals surface area contributed by atoms with E-state index in [2.05, 4.69) is 33.8 Å². The van der Waals surface area contributed by atoms with Crippen LogP contribution in [0.15, 0.2) is 16.6 Å². The minimum atomic E-state index is -0.154. The van der Waals surface area contributed by atoms with Crippen LogP contribution >= 0.6 is 0 Å². The fourth-order valence-electron chi connectivity index (χ4n) is 9.31. The second kappa shape index (κ2) is 8.50. The first kappa shape index (κ1) is 23.6. The molecule has 0 radical (unpaired) electrons. The number of aliphatic imine (C=N–C) groups is 1. The summed E-state index contributed by atoms with van der Waals surface area (Å²) >= 11 is 0. The molecule has 0 aromatic rings. The first-order valence-corrected chi connectivity index (χ1v) is 13.7. The van der Waals surface area contributed by atoms with Gasteiger partial charge in [0.2, 0.25) is 0 Å². The smallest absolute Gasteiger partial charge is 0.302 e. The van der Waals surface area contributed by atoms with Crippen LogP contribution in [0.2, 0.25) is 0 Å². The van der Waals surface area contributed by atoms with Crippen molar-refractivity contribution in [1.82, 2.24) is 0 Å². The van der Waals surface area contributed by atoms with Gasteiger partial charge in [0, 0.05) is 31.0 Å². The largest absolute Gasteiger partial charge is 0.462 e. The Bertz CT molecular complexity index is 848. The zero-order valence-corrected chi connectivity index (χ0v) is 21.5. The summed E-state index contributed by atoms with van der Waals surface area (Å²) < 4.78 is 6.10. The van der Waals surface area contributed by atoms with Crippen molar-refractivity contribution < 1.29 is 14.6 Å². The SMILES string of the molecule is CC(=O)OC1CC2C3CC=C4CC(O)CCC4(C)C3CCC2(C)C1C(C)C1=NCC(C)CC1. The normalized spacial score (nSPS) is 48.0. The fraction of sp³-hybridized carbons (Fsp3) is 0.862. The van der Waals surface area contributed by atoms with Gasteiger partial charge in [0.05, 0.1) is 6.10 Å². The Morgan fingerprint density at radius 2 is 2.00 bits per heavy atom. The number of ether oxygens (including phenoxy) is 1. The van der Waals surface area contributed by atoms with Crippen molar-refractivity contribution in [3.63, 3.8) is 0 Å². The second-order valence-corrected chi connectivity index (χ2v) is 12.9. The first-order valence-electron chi connectivity index (χ1n) is 13.7. The number of allylic oxidation sites excluding steroid dienone is 1. The van der Waals surface area contributed by atoms with Gasteiger partial charge in [0.15, 0.2) is 0 Å². The molecule has 1 aliphatic heterocycles. The van der Waals surface area contributed by atoms with Crippen molar-refractivity contribution in [1.29, 1.82) is 0 Å². The van der Waals surface area contributed by atoms with Crippen LogP contribution < -0.4 is 0 Å². The van der Waals surface area contributed by atoms with E-state index in [1.807, 2.05) is 0 Å². The number of esters is 1. The molecular formula is C29H45NO3. The van der Waals surface area contributed by atoms with E-state index in [4.69, 9.17) is 9.73 Å². The highest BCUT2D eigenvalue weighted by molar-refractivity contribution is 5.87. The zero-order chi connectivity index (χ0) is 23.5. The van der Waals surface area contributed by atoms with Crippen molar-refractivity contribution in [3.05, 3.63) is 11.6 Å². The maximum atomic E-state index is 12.2. The molecular weight excluding hydrogens is 410 g/mol. The van der Waals surface area contributed by atoms with E-state index in [1.54, 1.807) is 6.92 Å². The number of rotatable bonds is 3. The maximum Gasteiger partial charge on any atom is 0.302 e. The molecule has 0 spiro atoms. The Morgan fingerprint density at radius 1 is 1.21 bits per heavy atom. The molecule has 1 N–H and O–H groups in total. The molecule has 0 aromatic heterocycles. The molecule has 3 saturated carbocycles. The van der Waals surface area contributed by atoms with Gasteiger partial charge in [-0.05, 0) is 92.3 Å². The summed E-state index contributed by atoms with van der Waals surface area (Å²) in [6, 6.07) is 0. The summed E-state index contributed by atoms with van der Waals surface area (Å²) in [5.74, 6) is 3.26. The number of hydrogen-bond acceptors (Lipinski definition) is 4. The zero-order valence-electron chi connectivity index (χ0n) is 21.5. The van der Waals surface area contributed by atoms with Crippen LogP contribution in [-0.2, 0) is 9.53 Å². The lowest BCUT2D eigenvalue weighted by molar-refractivity contribution is -0.149. The van der Waals surface area contributed by atoms with E-state index >= 15 is 0 Å². The van der Waals surface area contributed by atoms with Crippen molar-refractivity contribution in [3.8, 4) is 0 Å². The average Bonchev–Trinajstić information content (AvgIpc) is 3.05. The van der Waals surface area contributed by atoms with E-state index in [0.717, 1.165) is 45.1 Å². The van der Waals surface area contributed by atoms with Crippen LogP contribution in [0.25, 0.3) is 0 Å². The first-order chi connectivity index (χ1) is 15.6. The summed E-state index contributed by atoms with van der Waals surface area (Å²) in [6.45, 7) is 12.2. The molecule has 0 saturated heterocycles. The van der Waals surface area contributed by atoms with Crippen molar-refractivity contribution in [2.24, 2.45) is 51.3 Å². The van der Waals surface area contributed by atoms with Gasteiger partial charge < -0.3 is 9.84 Å². The number of aliphatic hydroxyl groups is 1. The fourth-order valence-corrected chi connectivity index (χ4v) is 9.31. The van der Waals surface area contributed by atoms with E-state index in [1.165, 1.54) is 30.5 Å². The minimum Gasteiger partial charge on any atom is -0.462 e. The van der Waals surface area contributed by atoms with Crippen LogP contribution in [0.5, 0.6) is 0 Å². The third-order valence-electron chi connectivity index (χ3n) is 11.0. The highest BCUT2D eigenvalue weighted by Gasteiger charge is 2.63. The van der Waals surface area contributed by atoms with Gasteiger partial charge in [-0.1, -0.05) is 39.3 Å². The molecule has 4 aliphatic carbocycles. The van der Waals surface area contributed by atoms with Gasteiger partial charge in [-0.3, -0.25) is 9.79 Å². The van der Waals surface area contributed by atoms with Crippen LogP contribution in [-0.4, -0.2) is 35.5 Å². The lowest BCUT2D eigenvalue weighted by Crippen LogP contribution is -2.51. The van der Waals surface area contributed by atoms with Gasteiger partial charge in [-0.25, -0.2) is 0 Å². The third-order valence-corrected chi connectivity index (χ3v) is 11.0. The molecule has 4 nitrogen and oxygen atoms in total. The third kappa shape index (κ3) is 3.83. The lowest BCUT2D eigenvalue weighted by Gasteiger charge is -2.58. The van der Waals surface area contributed by atoms with Gasteiger partial charge in [0.1, 0.15) is 6.10 Å². The number of aliphatic hydroxyl groups excluding tert-OH is 1. The number of carbonyl (C=O) groups is 1. The second-order valence-electron chi connectivity index (χ2n) is 12.9.